The number of rotatable bonds is 4. The molecule has 4 heteroatoms. The molecule has 0 bridgehead atoms. The van der Waals surface area contributed by atoms with Crippen LogP contribution in [0.5, 0.6) is 0 Å². The Morgan fingerprint density at radius 1 is 1.56 bits per heavy atom. The van der Waals surface area contributed by atoms with Gasteiger partial charge in [0.05, 0.1) is 5.60 Å². The molecule has 0 saturated carbocycles. The van der Waals surface area contributed by atoms with Gasteiger partial charge in [-0.3, -0.25) is 0 Å². The first-order valence-corrected chi connectivity index (χ1v) is 7.47. The molecule has 0 spiro atoms. The van der Waals surface area contributed by atoms with Gasteiger partial charge in [-0.15, -0.1) is 0 Å². The van der Waals surface area contributed by atoms with Gasteiger partial charge in [-0.25, -0.2) is 0 Å². The highest BCUT2D eigenvalue weighted by Crippen LogP contribution is 2.32. The highest BCUT2D eigenvalue weighted by Gasteiger charge is 2.37. The lowest BCUT2D eigenvalue weighted by Gasteiger charge is -2.33. The molecule has 2 rings (SSSR count). The van der Waals surface area contributed by atoms with Gasteiger partial charge in [-0.1, -0.05) is 33.6 Å². The third-order valence-electron chi connectivity index (χ3n) is 3.77. The molecule has 2 unspecified atom stereocenters. The summed E-state index contributed by atoms with van der Waals surface area (Å²) < 4.78 is 6.93. The largest absolute Gasteiger partial charge is 0.374 e. The Hall–Kier alpha value is -0.0900. The Balaban J connectivity index is 2.15. The lowest BCUT2D eigenvalue weighted by atomic mass is 9.88. The second-order valence-electron chi connectivity index (χ2n) is 5.05. The second-order valence-corrected chi connectivity index (χ2v) is 6.37. The lowest BCUT2D eigenvalue weighted by molar-refractivity contribution is -0.00942. The van der Waals surface area contributed by atoms with Gasteiger partial charge in [0.25, 0.3) is 0 Å². The number of nitrogens with one attached hydrogen (secondary N) is 1. The predicted molar refractivity (Wildman–Crippen MR) is 79.3 cm³/mol. The molecule has 1 aromatic carbocycles. The minimum Gasteiger partial charge on any atom is -0.374 e. The SMILES string of the molecule is CNC(Cc1ccc(Br)cc1Cl)C1(C)CCCO1. The smallest absolute Gasteiger partial charge is 0.0810 e. The number of halogens is 2. The number of hydrogen-bond donors (Lipinski definition) is 1. The van der Waals surface area contributed by atoms with E-state index in [4.69, 9.17) is 16.3 Å². The van der Waals surface area contributed by atoms with E-state index >= 15 is 0 Å². The van der Waals surface area contributed by atoms with Crippen LogP contribution in [-0.2, 0) is 11.2 Å². The number of likely N-dealkylation sites (N-methyl/N-ethyl adjacent to an activating group) is 1. The van der Waals surface area contributed by atoms with Gasteiger partial charge in [-0.05, 0) is 50.9 Å². The zero-order valence-corrected chi connectivity index (χ0v) is 13.1. The normalized spacial score (nSPS) is 25.3. The second kappa shape index (κ2) is 5.91. The standard InChI is InChI=1S/C14H19BrClNO/c1-14(6-3-7-18-14)13(17-2)8-10-4-5-11(15)9-12(10)16/h4-5,9,13,17H,3,6-8H2,1-2H3. The summed E-state index contributed by atoms with van der Waals surface area (Å²) in [5.74, 6) is 0. The summed E-state index contributed by atoms with van der Waals surface area (Å²) in [6.07, 6.45) is 3.13. The first-order valence-electron chi connectivity index (χ1n) is 6.30. The van der Waals surface area contributed by atoms with E-state index in [2.05, 4.69) is 34.2 Å². The van der Waals surface area contributed by atoms with Gasteiger partial charge in [0.1, 0.15) is 0 Å². The molecule has 18 heavy (non-hydrogen) atoms. The maximum Gasteiger partial charge on any atom is 0.0810 e. The van der Waals surface area contributed by atoms with Crippen LogP contribution in [0.15, 0.2) is 22.7 Å². The summed E-state index contributed by atoms with van der Waals surface area (Å²) in [6, 6.07) is 6.35. The fraction of sp³-hybridized carbons (Fsp3) is 0.571. The van der Waals surface area contributed by atoms with Gasteiger partial charge >= 0.3 is 0 Å². The molecule has 0 aliphatic carbocycles. The Bertz CT molecular complexity index is 418. The zero-order chi connectivity index (χ0) is 13.2. The fourth-order valence-corrected chi connectivity index (χ4v) is 3.36. The van der Waals surface area contributed by atoms with Crippen LogP contribution >= 0.6 is 27.5 Å². The number of ether oxygens (including phenoxy) is 1. The van der Waals surface area contributed by atoms with Crippen molar-refractivity contribution < 1.29 is 4.74 Å². The summed E-state index contributed by atoms with van der Waals surface area (Å²) in [6.45, 7) is 3.05. The van der Waals surface area contributed by atoms with Crippen LogP contribution in [0.2, 0.25) is 5.02 Å². The van der Waals surface area contributed by atoms with Crippen molar-refractivity contribution in [3.8, 4) is 0 Å². The van der Waals surface area contributed by atoms with Crippen molar-refractivity contribution in [2.45, 2.75) is 37.8 Å². The Labute approximate surface area is 122 Å². The van der Waals surface area contributed by atoms with E-state index in [1.54, 1.807) is 0 Å². The third kappa shape index (κ3) is 3.08. The first-order chi connectivity index (χ1) is 8.55. The van der Waals surface area contributed by atoms with E-state index in [9.17, 15) is 0 Å². The quantitative estimate of drug-likeness (QED) is 0.905. The Morgan fingerprint density at radius 2 is 2.33 bits per heavy atom. The van der Waals surface area contributed by atoms with Gasteiger partial charge in [0.2, 0.25) is 0 Å². The van der Waals surface area contributed by atoms with Crippen LogP contribution in [0.4, 0.5) is 0 Å². The lowest BCUT2D eigenvalue weighted by Crippen LogP contribution is -2.48. The summed E-state index contributed by atoms with van der Waals surface area (Å²) in [7, 11) is 1.99. The molecule has 1 aromatic rings. The summed E-state index contributed by atoms with van der Waals surface area (Å²) >= 11 is 9.72. The highest BCUT2D eigenvalue weighted by atomic mass is 79.9. The van der Waals surface area contributed by atoms with E-state index in [1.807, 2.05) is 19.2 Å². The molecular weight excluding hydrogens is 314 g/mol. The van der Waals surface area contributed by atoms with E-state index < -0.39 is 0 Å². The molecular formula is C14H19BrClNO. The van der Waals surface area contributed by atoms with Gasteiger partial charge in [0.15, 0.2) is 0 Å². The topological polar surface area (TPSA) is 21.3 Å². The molecule has 1 aliphatic heterocycles. The molecule has 2 atom stereocenters. The molecule has 100 valence electrons. The molecule has 0 amide bonds. The van der Waals surface area contributed by atoms with E-state index in [0.29, 0.717) is 6.04 Å². The average molecular weight is 333 g/mol. The molecule has 1 fully saturated rings. The molecule has 1 N–H and O–H groups in total. The van der Waals surface area contributed by atoms with Crippen LogP contribution in [0, 0.1) is 0 Å². The van der Waals surface area contributed by atoms with Gasteiger partial charge in [-0.2, -0.15) is 0 Å². The minimum absolute atomic E-state index is 0.0782. The maximum absolute atomic E-state index is 6.28. The molecule has 0 aromatic heterocycles. The molecule has 1 heterocycles. The summed E-state index contributed by atoms with van der Waals surface area (Å²) in [5.41, 5.74) is 1.08. The zero-order valence-electron chi connectivity index (χ0n) is 10.8. The van der Waals surface area contributed by atoms with E-state index in [0.717, 1.165) is 40.9 Å². The minimum atomic E-state index is -0.0782. The van der Waals surface area contributed by atoms with Crippen molar-refractivity contribution in [2.75, 3.05) is 13.7 Å². The van der Waals surface area contributed by atoms with Gasteiger partial charge < -0.3 is 10.1 Å². The fourth-order valence-electron chi connectivity index (χ4n) is 2.61. The van der Waals surface area contributed by atoms with Crippen molar-refractivity contribution in [1.82, 2.24) is 5.32 Å². The molecule has 1 aliphatic rings. The molecule has 2 nitrogen and oxygen atoms in total. The third-order valence-corrected chi connectivity index (χ3v) is 4.62. The molecule has 1 saturated heterocycles. The summed E-state index contributed by atoms with van der Waals surface area (Å²) in [4.78, 5) is 0. The van der Waals surface area contributed by atoms with Crippen LogP contribution in [0.1, 0.15) is 25.3 Å². The van der Waals surface area contributed by atoms with Crippen molar-refractivity contribution in [3.63, 3.8) is 0 Å². The number of hydrogen-bond acceptors (Lipinski definition) is 2. The highest BCUT2D eigenvalue weighted by molar-refractivity contribution is 9.10. The first kappa shape index (κ1) is 14.3. The van der Waals surface area contributed by atoms with Crippen molar-refractivity contribution in [3.05, 3.63) is 33.3 Å². The van der Waals surface area contributed by atoms with Crippen LogP contribution in [-0.4, -0.2) is 25.3 Å². The van der Waals surface area contributed by atoms with Crippen LogP contribution in [0.25, 0.3) is 0 Å². The maximum atomic E-state index is 6.28. The Kier molecular flexibility index (Phi) is 4.70. The van der Waals surface area contributed by atoms with E-state index in [1.165, 1.54) is 0 Å². The molecule has 0 radical (unpaired) electrons. The van der Waals surface area contributed by atoms with Crippen molar-refractivity contribution in [2.24, 2.45) is 0 Å². The van der Waals surface area contributed by atoms with Gasteiger partial charge in [0, 0.05) is 22.1 Å². The average Bonchev–Trinajstić information content (AvgIpc) is 2.76. The van der Waals surface area contributed by atoms with Crippen LogP contribution in [0.3, 0.4) is 0 Å². The Morgan fingerprint density at radius 3 is 2.89 bits per heavy atom. The van der Waals surface area contributed by atoms with E-state index in [-0.39, 0.29) is 5.60 Å². The predicted octanol–water partition coefficient (Wildman–Crippen LogP) is 3.80. The summed E-state index contributed by atoms with van der Waals surface area (Å²) in [5, 5.41) is 4.19. The number of benzene rings is 1. The van der Waals surface area contributed by atoms with Crippen molar-refractivity contribution >= 4 is 27.5 Å². The van der Waals surface area contributed by atoms with Crippen LogP contribution < -0.4 is 5.32 Å². The monoisotopic (exact) mass is 331 g/mol. The van der Waals surface area contributed by atoms with Crippen molar-refractivity contribution in [1.29, 1.82) is 0 Å².